The Morgan fingerprint density at radius 1 is 1.03 bits per heavy atom. The van der Waals surface area contributed by atoms with Gasteiger partial charge in [0.2, 0.25) is 0 Å². The topological polar surface area (TPSA) is 44.0 Å². The van der Waals surface area contributed by atoms with Crippen LogP contribution >= 0.6 is 11.3 Å². The van der Waals surface area contributed by atoms with Gasteiger partial charge in [0.15, 0.2) is 0 Å². The highest BCUT2D eigenvalue weighted by Gasteiger charge is 2.25. The zero-order valence-corrected chi connectivity index (χ0v) is 17.7. The summed E-state index contributed by atoms with van der Waals surface area (Å²) < 4.78 is 17.2. The number of rotatable bonds is 3. The normalized spacial score (nSPS) is 13.2. The van der Waals surface area contributed by atoms with Crippen LogP contribution in [0, 0.1) is 19.7 Å². The summed E-state index contributed by atoms with van der Waals surface area (Å²) in [6.45, 7) is 4.04. The van der Waals surface area contributed by atoms with Gasteiger partial charge >= 0.3 is 5.69 Å². The zero-order valence-electron chi connectivity index (χ0n) is 16.9. The molecule has 4 nitrogen and oxygen atoms in total. The highest BCUT2D eigenvalue weighted by Crippen LogP contribution is 2.35. The monoisotopic (exact) mass is 420 g/mol. The average Bonchev–Trinajstić information content (AvgIpc) is 3.30. The summed E-state index contributed by atoms with van der Waals surface area (Å²) >= 11 is 1.50. The average molecular weight is 421 g/mol. The van der Waals surface area contributed by atoms with Crippen LogP contribution < -0.4 is 11.2 Å². The molecule has 0 atom stereocenters. The quantitative estimate of drug-likeness (QED) is 0.490. The van der Waals surface area contributed by atoms with Crippen molar-refractivity contribution in [2.75, 3.05) is 0 Å². The van der Waals surface area contributed by atoms with E-state index in [4.69, 9.17) is 0 Å². The van der Waals surface area contributed by atoms with Gasteiger partial charge in [0.05, 0.1) is 17.6 Å². The lowest BCUT2D eigenvalue weighted by atomic mass is 10.1. The highest BCUT2D eigenvalue weighted by molar-refractivity contribution is 7.18. The molecular weight excluding hydrogens is 399 g/mol. The van der Waals surface area contributed by atoms with E-state index in [-0.39, 0.29) is 17.9 Å². The summed E-state index contributed by atoms with van der Waals surface area (Å²) in [6, 6.07) is 12.0. The molecule has 152 valence electrons. The SMILES string of the molecule is Cc1ccc(-n2c(=O)c3c4c(sc3n(Cc3ccccc3F)c2=O)CCC4)cc1C. The Hall–Kier alpha value is -2.99. The Labute approximate surface area is 176 Å². The van der Waals surface area contributed by atoms with E-state index in [1.807, 2.05) is 26.0 Å². The summed E-state index contributed by atoms with van der Waals surface area (Å²) in [6.07, 6.45) is 2.79. The van der Waals surface area contributed by atoms with Crippen molar-refractivity contribution in [1.29, 1.82) is 0 Å². The Morgan fingerprint density at radius 3 is 2.60 bits per heavy atom. The number of thiophene rings is 1. The van der Waals surface area contributed by atoms with Crippen LogP contribution in [0.25, 0.3) is 15.9 Å². The Balaban J connectivity index is 1.85. The molecule has 0 saturated heterocycles. The molecule has 4 aromatic rings. The first-order valence-corrected chi connectivity index (χ1v) is 10.9. The van der Waals surface area contributed by atoms with Crippen molar-refractivity contribution in [3.8, 4) is 5.69 Å². The summed E-state index contributed by atoms with van der Waals surface area (Å²) in [5, 5.41) is 0.613. The van der Waals surface area contributed by atoms with Gasteiger partial charge in [-0.1, -0.05) is 24.3 Å². The van der Waals surface area contributed by atoms with Gasteiger partial charge in [0.1, 0.15) is 10.6 Å². The smallest absolute Gasteiger partial charge is 0.279 e. The molecule has 0 unspecified atom stereocenters. The number of nitrogens with zero attached hydrogens (tertiary/aromatic N) is 2. The van der Waals surface area contributed by atoms with Crippen LogP contribution in [-0.2, 0) is 19.4 Å². The molecule has 2 heterocycles. The first kappa shape index (κ1) is 19.0. The van der Waals surface area contributed by atoms with E-state index >= 15 is 0 Å². The Bertz CT molecular complexity index is 1430. The molecule has 30 heavy (non-hydrogen) atoms. The fourth-order valence-corrected chi connectivity index (χ4v) is 5.61. The van der Waals surface area contributed by atoms with Crippen LogP contribution in [0.15, 0.2) is 52.1 Å². The number of hydrogen-bond donors (Lipinski definition) is 0. The predicted molar refractivity (Wildman–Crippen MR) is 119 cm³/mol. The number of halogens is 1. The molecule has 2 aromatic carbocycles. The molecule has 0 N–H and O–H groups in total. The standard InChI is InChI=1S/C24H21FN2O2S/c1-14-10-11-17(12-15(14)2)27-22(28)21-18-7-5-9-20(18)30-23(21)26(24(27)29)13-16-6-3-4-8-19(16)25/h3-4,6,8,10-12H,5,7,9,13H2,1-2H3. The Kier molecular flexibility index (Phi) is 4.47. The molecule has 0 amide bonds. The van der Waals surface area contributed by atoms with Crippen molar-refractivity contribution < 1.29 is 4.39 Å². The van der Waals surface area contributed by atoms with E-state index in [0.29, 0.717) is 21.5 Å². The van der Waals surface area contributed by atoms with E-state index in [1.165, 1.54) is 26.8 Å². The summed E-state index contributed by atoms with van der Waals surface area (Å²) in [4.78, 5) is 28.9. The van der Waals surface area contributed by atoms with E-state index in [0.717, 1.165) is 36.0 Å². The molecule has 2 aromatic heterocycles. The predicted octanol–water partition coefficient (Wildman–Crippen LogP) is 4.51. The molecule has 0 saturated carbocycles. The van der Waals surface area contributed by atoms with Crippen LogP contribution in [0.5, 0.6) is 0 Å². The van der Waals surface area contributed by atoms with Gasteiger partial charge in [0, 0.05) is 10.4 Å². The minimum atomic E-state index is -0.432. The van der Waals surface area contributed by atoms with Crippen molar-refractivity contribution in [3.63, 3.8) is 0 Å². The molecule has 0 fully saturated rings. The molecule has 1 aliphatic rings. The van der Waals surface area contributed by atoms with Crippen molar-refractivity contribution in [2.24, 2.45) is 0 Å². The third-order valence-corrected chi connectivity index (χ3v) is 7.34. The molecule has 6 heteroatoms. The second-order valence-corrected chi connectivity index (χ2v) is 8.99. The van der Waals surface area contributed by atoms with Crippen molar-refractivity contribution in [2.45, 2.75) is 39.7 Å². The number of hydrogen-bond acceptors (Lipinski definition) is 3. The Morgan fingerprint density at radius 2 is 1.83 bits per heavy atom. The lowest BCUT2D eigenvalue weighted by Crippen LogP contribution is -2.39. The van der Waals surface area contributed by atoms with Crippen LogP contribution in [0.3, 0.4) is 0 Å². The van der Waals surface area contributed by atoms with Crippen molar-refractivity contribution in [1.82, 2.24) is 9.13 Å². The highest BCUT2D eigenvalue weighted by atomic mass is 32.1. The lowest BCUT2D eigenvalue weighted by Gasteiger charge is -2.14. The molecule has 0 spiro atoms. The maximum Gasteiger partial charge on any atom is 0.337 e. The minimum absolute atomic E-state index is 0.0898. The van der Waals surface area contributed by atoms with Crippen LogP contribution in [0.4, 0.5) is 4.39 Å². The first-order valence-electron chi connectivity index (χ1n) is 10.1. The minimum Gasteiger partial charge on any atom is -0.279 e. The molecule has 0 aliphatic heterocycles. The fraction of sp³-hybridized carbons (Fsp3) is 0.250. The van der Waals surface area contributed by atoms with E-state index in [1.54, 1.807) is 28.8 Å². The second-order valence-electron chi connectivity index (χ2n) is 7.91. The van der Waals surface area contributed by atoms with Crippen LogP contribution in [0.2, 0.25) is 0 Å². The summed E-state index contributed by atoms with van der Waals surface area (Å²) in [5.74, 6) is -0.356. The number of aromatic nitrogens is 2. The van der Waals surface area contributed by atoms with Gasteiger partial charge in [-0.05, 0) is 68.0 Å². The largest absolute Gasteiger partial charge is 0.337 e. The first-order chi connectivity index (χ1) is 14.5. The lowest BCUT2D eigenvalue weighted by molar-refractivity contribution is 0.595. The number of benzene rings is 2. The van der Waals surface area contributed by atoms with Gasteiger partial charge in [-0.15, -0.1) is 11.3 Å². The third-order valence-electron chi connectivity index (χ3n) is 6.02. The van der Waals surface area contributed by atoms with E-state index < -0.39 is 5.69 Å². The summed E-state index contributed by atoms with van der Waals surface area (Å²) in [7, 11) is 0. The van der Waals surface area contributed by atoms with Gasteiger partial charge in [-0.25, -0.2) is 13.8 Å². The second kappa shape index (κ2) is 7.06. The molecular formula is C24H21FN2O2S. The van der Waals surface area contributed by atoms with Crippen LogP contribution in [0.1, 0.15) is 33.6 Å². The van der Waals surface area contributed by atoms with Crippen LogP contribution in [-0.4, -0.2) is 9.13 Å². The van der Waals surface area contributed by atoms with E-state index in [2.05, 4.69) is 0 Å². The van der Waals surface area contributed by atoms with Gasteiger partial charge in [-0.2, -0.15) is 0 Å². The van der Waals surface area contributed by atoms with Crippen molar-refractivity contribution >= 4 is 21.6 Å². The molecule has 5 rings (SSSR count). The third kappa shape index (κ3) is 2.86. The maximum atomic E-state index is 14.4. The summed E-state index contributed by atoms with van der Waals surface area (Å²) in [5.41, 5.74) is 3.43. The van der Waals surface area contributed by atoms with Gasteiger partial charge in [0.25, 0.3) is 5.56 Å². The maximum absolute atomic E-state index is 14.4. The zero-order chi connectivity index (χ0) is 21.0. The number of aryl methyl sites for hydroxylation is 4. The van der Waals surface area contributed by atoms with Crippen molar-refractivity contribution in [3.05, 3.63) is 96.3 Å². The molecule has 0 radical (unpaired) electrons. The van der Waals surface area contributed by atoms with E-state index in [9.17, 15) is 14.0 Å². The van der Waals surface area contributed by atoms with Gasteiger partial charge < -0.3 is 0 Å². The molecule has 1 aliphatic carbocycles. The number of fused-ring (bicyclic) bond motifs is 3. The fourth-order valence-electron chi connectivity index (χ4n) is 4.24. The van der Waals surface area contributed by atoms with Gasteiger partial charge in [-0.3, -0.25) is 9.36 Å². The molecule has 0 bridgehead atoms.